The van der Waals surface area contributed by atoms with E-state index in [0.717, 1.165) is 32.1 Å². The topological polar surface area (TPSA) is 172 Å². The predicted molar refractivity (Wildman–Crippen MR) is 217 cm³/mol. The van der Waals surface area contributed by atoms with Gasteiger partial charge in [0.05, 0.1) is 13.2 Å². The van der Waals surface area contributed by atoms with Crippen molar-refractivity contribution in [3.8, 4) is 0 Å². The molecule has 12 heteroatoms. The third kappa shape index (κ3) is 36.7. The Hall–Kier alpha value is -2.30. The van der Waals surface area contributed by atoms with Gasteiger partial charge < -0.3 is 25.2 Å². The molecule has 0 aliphatic rings. The first kappa shape index (κ1) is 51.7. The molecule has 0 aromatic carbocycles. The monoisotopic (exact) mass is 786 g/mol. The quantitative estimate of drug-likeness (QED) is 0.0135. The molecular weight excluding hydrogens is 709 g/mol. The third-order valence-corrected chi connectivity index (χ3v) is 9.92. The maximum Gasteiger partial charge on any atom is 0.472 e. The average molecular weight is 786 g/mol. The van der Waals surface area contributed by atoms with E-state index >= 15 is 0 Å². The van der Waals surface area contributed by atoms with Gasteiger partial charge >= 0.3 is 25.7 Å². The number of esters is 2. The Morgan fingerprint density at radius 2 is 1.07 bits per heavy atom. The minimum Gasteiger partial charge on any atom is -0.480 e. The van der Waals surface area contributed by atoms with Crippen LogP contribution < -0.4 is 5.73 Å². The van der Waals surface area contributed by atoms with Crippen LogP contribution in [0.3, 0.4) is 0 Å². The van der Waals surface area contributed by atoms with E-state index in [2.05, 4.69) is 30.5 Å². The van der Waals surface area contributed by atoms with Gasteiger partial charge in [-0.05, 0) is 38.5 Å². The number of hydrogen-bond acceptors (Lipinski definition) is 9. The zero-order valence-corrected chi connectivity index (χ0v) is 34.7. The van der Waals surface area contributed by atoms with Crippen LogP contribution in [0.15, 0.2) is 36.5 Å². The van der Waals surface area contributed by atoms with E-state index in [9.17, 15) is 23.8 Å². The van der Waals surface area contributed by atoms with Gasteiger partial charge in [0.25, 0.3) is 0 Å². The number of carboxylic acid groups (broad SMARTS) is 1. The summed E-state index contributed by atoms with van der Waals surface area (Å²) in [5.41, 5.74) is 5.32. The highest BCUT2D eigenvalue weighted by Gasteiger charge is 2.27. The van der Waals surface area contributed by atoms with Crippen molar-refractivity contribution in [1.29, 1.82) is 0 Å². The van der Waals surface area contributed by atoms with E-state index in [1.54, 1.807) is 12.2 Å². The number of nitrogens with two attached hydrogens (primary N) is 1. The molecule has 0 aliphatic heterocycles. The van der Waals surface area contributed by atoms with Crippen LogP contribution in [0.4, 0.5) is 0 Å². The summed E-state index contributed by atoms with van der Waals surface area (Å²) in [4.78, 5) is 45.7. The summed E-state index contributed by atoms with van der Waals surface area (Å²) in [5, 5.41) is 8.87. The van der Waals surface area contributed by atoms with E-state index in [0.29, 0.717) is 6.42 Å². The minimum absolute atomic E-state index is 0.200. The number of carboxylic acids is 1. The molecule has 0 aromatic heterocycles. The molecule has 0 saturated carbocycles. The van der Waals surface area contributed by atoms with Crippen LogP contribution in [-0.2, 0) is 37.5 Å². The highest BCUT2D eigenvalue weighted by atomic mass is 31.2. The number of allylic oxidation sites excluding steroid dienone is 5. The Balaban J connectivity index is 4.48. The molecule has 4 N–H and O–H groups in total. The largest absolute Gasteiger partial charge is 0.480 e. The summed E-state index contributed by atoms with van der Waals surface area (Å²) in [6.07, 6.45) is 39.9. The molecule has 0 amide bonds. The van der Waals surface area contributed by atoms with Crippen LogP contribution in [-0.4, -0.2) is 59.9 Å². The number of rotatable bonds is 39. The number of unbranched alkanes of at least 4 members (excludes halogenated alkanes) is 22. The highest BCUT2D eigenvalue weighted by molar-refractivity contribution is 7.47. The van der Waals surface area contributed by atoms with Crippen molar-refractivity contribution in [3.05, 3.63) is 36.5 Å². The summed E-state index contributed by atoms with van der Waals surface area (Å²) >= 11 is 0. The lowest BCUT2D eigenvalue weighted by Crippen LogP contribution is -2.34. The van der Waals surface area contributed by atoms with E-state index in [4.69, 9.17) is 24.8 Å². The summed E-state index contributed by atoms with van der Waals surface area (Å²) in [6, 6.07) is -1.53. The van der Waals surface area contributed by atoms with Crippen molar-refractivity contribution in [1.82, 2.24) is 0 Å². The number of phosphoric acid groups is 1. The number of carbonyl (C=O) groups excluding carboxylic acids is 2. The van der Waals surface area contributed by atoms with Crippen LogP contribution in [0, 0.1) is 0 Å². The molecule has 3 atom stereocenters. The first-order chi connectivity index (χ1) is 26.1. The second kappa shape index (κ2) is 37.6. The molecule has 0 bridgehead atoms. The van der Waals surface area contributed by atoms with Crippen molar-refractivity contribution < 1.29 is 47.5 Å². The number of phosphoric ester groups is 1. The fourth-order valence-corrected chi connectivity index (χ4v) is 6.38. The number of ether oxygens (including phenoxy) is 2. The van der Waals surface area contributed by atoms with Gasteiger partial charge in [0.1, 0.15) is 12.6 Å². The Morgan fingerprint density at radius 3 is 1.61 bits per heavy atom. The van der Waals surface area contributed by atoms with E-state index < -0.39 is 57.7 Å². The fraction of sp³-hybridized carbons (Fsp3) is 0.786. The van der Waals surface area contributed by atoms with E-state index in [-0.39, 0.29) is 6.42 Å². The lowest BCUT2D eigenvalue weighted by molar-refractivity contribution is -0.157. The van der Waals surface area contributed by atoms with Crippen LogP contribution in [0.25, 0.3) is 0 Å². The van der Waals surface area contributed by atoms with Crippen LogP contribution in [0.5, 0.6) is 0 Å². The Labute approximate surface area is 327 Å². The van der Waals surface area contributed by atoms with Gasteiger partial charge in [-0.15, -0.1) is 0 Å². The summed E-state index contributed by atoms with van der Waals surface area (Å²) in [5.74, 6) is -2.64. The highest BCUT2D eigenvalue weighted by Crippen LogP contribution is 2.43. The smallest absolute Gasteiger partial charge is 0.472 e. The fourth-order valence-electron chi connectivity index (χ4n) is 5.60. The normalized spacial score (nSPS) is 14.1. The number of hydrogen-bond donors (Lipinski definition) is 3. The van der Waals surface area contributed by atoms with Crippen molar-refractivity contribution in [3.63, 3.8) is 0 Å². The van der Waals surface area contributed by atoms with Crippen LogP contribution >= 0.6 is 7.82 Å². The first-order valence-corrected chi connectivity index (χ1v) is 22.6. The second-order valence-electron chi connectivity index (χ2n) is 14.2. The second-order valence-corrected chi connectivity index (χ2v) is 15.6. The zero-order chi connectivity index (χ0) is 40.0. The van der Waals surface area contributed by atoms with Gasteiger partial charge in [-0.25, -0.2) is 9.36 Å². The molecule has 0 saturated heterocycles. The molecule has 0 fully saturated rings. The van der Waals surface area contributed by atoms with Crippen molar-refractivity contribution >= 4 is 25.7 Å². The van der Waals surface area contributed by atoms with E-state index in [1.807, 2.05) is 6.08 Å². The molecule has 0 rings (SSSR count). The van der Waals surface area contributed by atoms with Gasteiger partial charge in [0, 0.05) is 12.5 Å². The van der Waals surface area contributed by atoms with Gasteiger partial charge in [-0.3, -0.25) is 18.6 Å². The van der Waals surface area contributed by atoms with Crippen LogP contribution in [0.1, 0.15) is 181 Å². The maximum absolute atomic E-state index is 12.5. The van der Waals surface area contributed by atoms with Crippen molar-refractivity contribution in [2.75, 3.05) is 19.8 Å². The molecule has 314 valence electrons. The first-order valence-electron chi connectivity index (χ1n) is 21.1. The summed E-state index contributed by atoms with van der Waals surface area (Å²) < 4.78 is 32.4. The molecule has 54 heavy (non-hydrogen) atoms. The van der Waals surface area contributed by atoms with Crippen molar-refractivity contribution in [2.24, 2.45) is 5.73 Å². The molecule has 1 unspecified atom stereocenters. The SMILES string of the molecule is CCCC/C=C/CCCCCCCCCCCC(=O)OC[C@H](COP(=O)(O)OC[C@H](N)C(=O)O)OC(=O)/C=C/C=C/CCCCCCCCCCCCC. The van der Waals surface area contributed by atoms with Gasteiger partial charge in [0.2, 0.25) is 0 Å². The van der Waals surface area contributed by atoms with E-state index in [1.165, 1.54) is 128 Å². The molecule has 0 aromatic rings. The predicted octanol–water partition coefficient (Wildman–Crippen LogP) is 10.8. The van der Waals surface area contributed by atoms with Gasteiger partial charge in [-0.1, -0.05) is 166 Å². The third-order valence-electron chi connectivity index (χ3n) is 8.97. The summed E-state index contributed by atoms with van der Waals surface area (Å²) in [6.45, 7) is 2.66. The standard InChI is InChI=1S/C42H76NO10P/c1-3-5-7-9-11-13-15-17-19-21-23-25-27-29-31-33-40(44)50-35-38(36-51-54(48,49)52-37-39(43)42(46)47)53-41(45)34-32-30-28-26-24-22-20-18-16-14-12-10-8-6-4-2/h9,11,28,30,32,34,38-39H,3-8,10,12-27,29,31,33,35-37,43H2,1-2H3,(H,46,47)(H,48,49)/b11-9+,30-28+,34-32+/t38-,39+/m1/s1. The zero-order valence-electron chi connectivity index (χ0n) is 33.8. The summed E-state index contributed by atoms with van der Waals surface area (Å²) in [7, 11) is -4.74. The van der Waals surface area contributed by atoms with Crippen molar-refractivity contribution in [2.45, 2.75) is 193 Å². The number of carbonyl (C=O) groups is 3. The Kier molecular flexibility index (Phi) is 36.0. The Bertz CT molecular complexity index is 1060. The lowest BCUT2D eigenvalue weighted by atomic mass is 10.1. The van der Waals surface area contributed by atoms with Crippen LogP contribution in [0.2, 0.25) is 0 Å². The molecule has 11 nitrogen and oxygen atoms in total. The van der Waals surface area contributed by atoms with Gasteiger partial charge in [-0.2, -0.15) is 0 Å². The average Bonchev–Trinajstić information content (AvgIpc) is 3.14. The molecule has 0 spiro atoms. The maximum atomic E-state index is 12.5. The van der Waals surface area contributed by atoms with Gasteiger partial charge in [0.15, 0.2) is 6.10 Å². The number of aliphatic carboxylic acids is 1. The molecule has 0 radical (unpaired) electrons. The lowest BCUT2D eigenvalue weighted by Gasteiger charge is -2.19. The molecule has 0 heterocycles. The Morgan fingerprint density at radius 1 is 0.611 bits per heavy atom. The molecule has 0 aliphatic carbocycles. The molecular formula is C42H76NO10P. The minimum atomic E-state index is -4.74.